The number of fused-ring (bicyclic) bond motifs is 2. The van der Waals surface area contributed by atoms with Gasteiger partial charge in [-0.15, -0.1) is 0 Å². The minimum atomic E-state index is -0.952. The van der Waals surface area contributed by atoms with Crippen LogP contribution in [0.15, 0.2) is 11.6 Å². The molecule has 2 heterocycles. The molecule has 2 fully saturated rings. The first-order valence-electron chi connectivity index (χ1n) is 6.92. The van der Waals surface area contributed by atoms with Gasteiger partial charge in [-0.3, -0.25) is 0 Å². The lowest BCUT2D eigenvalue weighted by Gasteiger charge is -2.49. The monoisotopic (exact) mass is 268 g/mol. The lowest BCUT2D eigenvalue weighted by Crippen LogP contribution is -2.59. The largest absolute Gasteiger partial charge is 0.463 e. The van der Waals surface area contributed by atoms with E-state index < -0.39 is 11.2 Å². The van der Waals surface area contributed by atoms with Gasteiger partial charge in [0.2, 0.25) is 0 Å². The fraction of sp³-hybridized carbons (Fsp3) is 0.800. The fourth-order valence-electron chi connectivity index (χ4n) is 4.23. The molecule has 2 bridgehead atoms. The van der Waals surface area contributed by atoms with Gasteiger partial charge in [-0.1, -0.05) is 13.8 Å². The minimum Gasteiger partial charge on any atom is -0.463 e. The van der Waals surface area contributed by atoms with Crippen molar-refractivity contribution >= 4 is 5.97 Å². The third kappa shape index (κ3) is 1.93. The molecule has 2 aliphatic rings. The molecule has 3 atom stereocenters. The highest BCUT2D eigenvalue weighted by atomic mass is 16.5. The van der Waals surface area contributed by atoms with Gasteiger partial charge in [0, 0.05) is 17.9 Å². The Balaban J connectivity index is 2.41. The molecule has 0 radical (unpaired) electrons. The molecule has 0 saturated carbocycles. The maximum absolute atomic E-state index is 11.7. The van der Waals surface area contributed by atoms with Crippen LogP contribution in [0, 0.1) is 5.41 Å². The first kappa shape index (κ1) is 14.5. The topological polar surface area (TPSA) is 55.8 Å². The van der Waals surface area contributed by atoms with Crippen LogP contribution in [0.3, 0.4) is 0 Å². The Labute approximate surface area is 114 Å². The molecule has 0 amide bonds. The number of carbonyl (C=O) groups excluding carboxylic acids is 1. The Hall–Kier alpha value is -0.870. The van der Waals surface area contributed by atoms with Gasteiger partial charge in [0.05, 0.1) is 18.3 Å². The molecule has 108 valence electrons. The Morgan fingerprint density at radius 3 is 2.53 bits per heavy atom. The number of hydrogen-bond acceptors (Lipinski definition) is 4. The lowest BCUT2D eigenvalue weighted by atomic mass is 9.58. The van der Waals surface area contributed by atoms with E-state index in [1.807, 2.05) is 6.92 Å². The molecule has 0 unspecified atom stereocenters. The SMILES string of the molecule is CCOC(=O)/C=C(\C)[C@]12O[C@@H](CC1(C)C)C[C@@]2(C)O. The van der Waals surface area contributed by atoms with Crippen molar-refractivity contribution in [3.8, 4) is 0 Å². The van der Waals surface area contributed by atoms with Crippen LogP contribution in [0.4, 0.5) is 0 Å². The summed E-state index contributed by atoms with van der Waals surface area (Å²) < 4.78 is 11.1. The van der Waals surface area contributed by atoms with Crippen LogP contribution in [-0.2, 0) is 14.3 Å². The molecule has 1 N–H and O–H groups in total. The van der Waals surface area contributed by atoms with Crippen LogP contribution in [0.5, 0.6) is 0 Å². The molecular formula is C15H24O4. The zero-order valence-electron chi connectivity index (χ0n) is 12.4. The molecule has 2 saturated heterocycles. The van der Waals surface area contributed by atoms with E-state index in [0.29, 0.717) is 13.0 Å². The summed E-state index contributed by atoms with van der Waals surface area (Å²) in [5, 5.41) is 10.8. The van der Waals surface area contributed by atoms with E-state index in [9.17, 15) is 9.90 Å². The molecular weight excluding hydrogens is 244 g/mol. The summed E-state index contributed by atoms with van der Waals surface area (Å²) in [7, 11) is 0. The van der Waals surface area contributed by atoms with E-state index in [4.69, 9.17) is 9.47 Å². The van der Waals surface area contributed by atoms with E-state index in [-0.39, 0.29) is 17.5 Å². The highest BCUT2D eigenvalue weighted by Crippen LogP contribution is 2.62. The number of rotatable bonds is 3. The van der Waals surface area contributed by atoms with E-state index >= 15 is 0 Å². The number of hydrogen-bond donors (Lipinski definition) is 1. The Kier molecular flexibility index (Phi) is 3.30. The summed E-state index contributed by atoms with van der Waals surface area (Å²) >= 11 is 0. The minimum absolute atomic E-state index is 0.0653. The Bertz CT molecular complexity index is 402. The molecule has 0 aromatic rings. The van der Waals surface area contributed by atoms with Gasteiger partial charge in [-0.2, -0.15) is 0 Å². The van der Waals surface area contributed by atoms with Crippen molar-refractivity contribution in [1.82, 2.24) is 0 Å². The average molecular weight is 268 g/mol. The first-order valence-corrected chi connectivity index (χ1v) is 6.92. The van der Waals surface area contributed by atoms with Crippen LogP contribution < -0.4 is 0 Å². The number of aliphatic hydroxyl groups is 1. The first-order chi connectivity index (χ1) is 8.66. The van der Waals surface area contributed by atoms with Crippen molar-refractivity contribution in [3.05, 3.63) is 11.6 Å². The third-order valence-electron chi connectivity index (χ3n) is 4.59. The normalized spacial score (nSPS) is 40.5. The van der Waals surface area contributed by atoms with Gasteiger partial charge < -0.3 is 14.6 Å². The smallest absolute Gasteiger partial charge is 0.330 e. The predicted octanol–water partition coefficient (Wildman–Crippen LogP) is 2.20. The van der Waals surface area contributed by atoms with Crippen molar-refractivity contribution in [1.29, 1.82) is 0 Å². The van der Waals surface area contributed by atoms with Crippen molar-refractivity contribution in [3.63, 3.8) is 0 Å². The average Bonchev–Trinajstić information content (AvgIpc) is 2.63. The lowest BCUT2D eigenvalue weighted by molar-refractivity contribution is -0.138. The molecule has 4 nitrogen and oxygen atoms in total. The zero-order chi connectivity index (χ0) is 14.5. The molecule has 2 rings (SSSR count). The fourth-order valence-corrected chi connectivity index (χ4v) is 4.23. The standard InChI is InChI=1S/C15H24O4/c1-6-18-12(16)7-10(2)15-13(3,4)8-11(19-15)9-14(15,5)17/h7,11,17H,6,8-9H2,1-5H3/b10-7+/t11-,14+,15-/m0/s1. The quantitative estimate of drug-likeness (QED) is 0.630. The predicted molar refractivity (Wildman–Crippen MR) is 71.6 cm³/mol. The van der Waals surface area contributed by atoms with Crippen molar-refractivity contribution in [2.45, 2.75) is 64.8 Å². The van der Waals surface area contributed by atoms with Crippen molar-refractivity contribution in [2.24, 2.45) is 5.41 Å². The zero-order valence-corrected chi connectivity index (χ0v) is 12.4. The van der Waals surface area contributed by atoms with Gasteiger partial charge in [0.25, 0.3) is 0 Å². The molecule has 0 aliphatic carbocycles. The maximum atomic E-state index is 11.7. The van der Waals surface area contributed by atoms with Crippen molar-refractivity contribution < 1.29 is 19.4 Å². The van der Waals surface area contributed by atoms with Gasteiger partial charge >= 0.3 is 5.97 Å². The highest BCUT2D eigenvalue weighted by Gasteiger charge is 2.69. The van der Waals surface area contributed by atoms with Crippen molar-refractivity contribution in [2.75, 3.05) is 6.61 Å². The number of ether oxygens (including phenoxy) is 2. The summed E-state index contributed by atoms with van der Waals surface area (Å²) in [4.78, 5) is 11.7. The Morgan fingerprint density at radius 1 is 1.42 bits per heavy atom. The molecule has 19 heavy (non-hydrogen) atoms. The van der Waals surface area contributed by atoms with Crippen LogP contribution in [0.25, 0.3) is 0 Å². The van der Waals surface area contributed by atoms with Crippen LogP contribution >= 0.6 is 0 Å². The van der Waals surface area contributed by atoms with Crippen LogP contribution in [-0.4, -0.2) is 35.0 Å². The highest BCUT2D eigenvalue weighted by molar-refractivity contribution is 5.83. The van der Waals surface area contributed by atoms with E-state index in [2.05, 4.69) is 13.8 Å². The molecule has 0 aromatic carbocycles. The van der Waals surface area contributed by atoms with Gasteiger partial charge in [-0.05, 0) is 32.8 Å². The van der Waals surface area contributed by atoms with Crippen LogP contribution in [0.2, 0.25) is 0 Å². The van der Waals surface area contributed by atoms with Gasteiger partial charge in [0.1, 0.15) is 5.60 Å². The molecule has 0 spiro atoms. The van der Waals surface area contributed by atoms with Crippen LogP contribution in [0.1, 0.15) is 47.5 Å². The second-order valence-corrected chi connectivity index (χ2v) is 6.57. The second-order valence-electron chi connectivity index (χ2n) is 6.57. The van der Waals surface area contributed by atoms with Gasteiger partial charge in [0.15, 0.2) is 0 Å². The second kappa shape index (κ2) is 4.32. The van der Waals surface area contributed by atoms with E-state index in [1.54, 1.807) is 13.8 Å². The summed E-state index contributed by atoms with van der Waals surface area (Å²) in [6.07, 6.45) is 3.05. The van der Waals surface area contributed by atoms with Gasteiger partial charge in [-0.25, -0.2) is 4.79 Å². The van der Waals surface area contributed by atoms with E-state index in [1.165, 1.54) is 6.08 Å². The molecule has 0 aromatic heterocycles. The Morgan fingerprint density at radius 2 is 2.05 bits per heavy atom. The summed E-state index contributed by atoms with van der Waals surface area (Å²) in [6, 6.07) is 0. The summed E-state index contributed by atoms with van der Waals surface area (Å²) in [5.74, 6) is -0.375. The number of esters is 1. The molecule has 4 heteroatoms. The molecule has 2 aliphatic heterocycles. The number of carbonyl (C=O) groups is 1. The summed E-state index contributed by atoms with van der Waals surface area (Å²) in [5.41, 5.74) is -1.20. The third-order valence-corrected chi connectivity index (χ3v) is 4.59. The van der Waals surface area contributed by atoms with E-state index in [0.717, 1.165) is 12.0 Å². The maximum Gasteiger partial charge on any atom is 0.330 e. The summed E-state index contributed by atoms with van der Waals surface area (Å²) in [6.45, 7) is 9.94.